The third kappa shape index (κ3) is 3.90. The van der Waals surface area contributed by atoms with E-state index in [-0.39, 0.29) is 6.42 Å². The summed E-state index contributed by atoms with van der Waals surface area (Å²) in [6.45, 7) is 0. The fraction of sp³-hybridized carbons (Fsp3) is 0.211. The van der Waals surface area contributed by atoms with E-state index in [1.165, 1.54) is 14.2 Å². The highest BCUT2D eigenvalue weighted by molar-refractivity contribution is 6.42. The van der Waals surface area contributed by atoms with Crippen molar-refractivity contribution in [3.63, 3.8) is 0 Å². The topological polar surface area (TPSA) is 89.0 Å². The molecule has 1 unspecified atom stereocenters. The van der Waals surface area contributed by atoms with Crippen LogP contribution in [0.3, 0.4) is 0 Å². The minimum Gasteiger partial charge on any atom is -0.469 e. The molecule has 1 aliphatic heterocycles. The number of ether oxygens (including phenoxy) is 2. The molecule has 0 spiro atoms. The molecule has 0 amide bonds. The fourth-order valence-electron chi connectivity index (χ4n) is 2.81. The molecule has 0 saturated heterocycles. The smallest absolute Gasteiger partial charge is 0.355 e. The van der Waals surface area contributed by atoms with Crippen LogP contribution in [0.4, 0.5) is 11.4 Å². The van der Waals surface area contributed by atoms with E-state index in [0.717, 1.165) is 0 Å². The molecule has 0 saturated carbocycles. The van der Waals surface area contributed by atoms with Crippen molar-refractivity contribution >= 4 is 52.4 Å². The molecule has 0 aromatic heterocycles. The van der Waals surface area contributed by atoms with Crippen molar-refractivity contribution in [2.75, 3.05) is 24.9 Å². The molecule has 2 aromatic rings. The molecule has 0 radical (unpaired) electrons. The highest BCUT2D eigenvalue weighted by Gasteiger charge is 2.45. The van der Waals surface area contributed by atoms with Gasteiger partial charge in [0.2, 0.25) is 5.66 Å². The Hall–Kier alpha value is -2.77. The van der Waals surface area contributed by atoms with Crippen LogP contribution in [0, 0.1) is 0 Å². The second-order valence-corrected chi connectivity index (χ2v) is 6.80. The van der Waals surface area contributed by atoms with E-state index in [1.54, 1.807) is 30.3 Å². The Balaban J connectivity index is 2.10. The van der Waals surface area contributed by atoms with Gasteiger partial charge in [-0.1, -0.05) is 35.3 Å². The average Bonchev–Trinajstić information content (AvgIpc) is 2.70. The SMILES string of the molecule is COC(=O)CC1(C(=O)OC)N=C(Nc2ccc(Cl)c(Cl)c2)c2ccccc2N1. The number of esters is 2. The predicted molar refractivity (Wildman–Crippen MR) is 108 cm³/mol. The summed E-state index contributed by atoms with van der Waals surface area (Å²) in [5.41, 5.74) is 0.253. The molecule has 3 rings (SSSR count). The molecule has 2 aromatic carbocycles. The van der Waals surface area contributed by atoms with E-state index in [0.29, 0.717) is 32.8 Å². The number of aliphatic imine (C=N–C) groups is 1. The number of hydrogen-bond donors (Lipinski definition) is 2. The predicted octanol–water partition coefficient (Wildman–Crippen LogP) is 3.71. The first kappa shape index (κ1) is 20.0. The molecular formula is C19H17Cl2N3O4. The van der Waals surface area contributed by atoms with Crippen molar-refractivity contribution in [3.05, 3.63) is 58.1 Å². The van der Waals surface area contributed by atoms with Crippen LogP contribution in [0.15, 0.2) is 47.5 Å². The highest BCUT2D eigenvalue weighted by atomic mass is 35.5. The van der Waals surface area contributed by atoms with Gasteiger partial charge in [0.15, 0.2) is 0 Å². The normalized spacial score (nSPS) is 17.6. The number of para-hydroxylation sites is 1. The van der Waals surface area contributed by atoms with E-state index < -0.39 is 17.6 Å². The number of halogens is 2. The molecule has 0 aliphatic carbocycles. The lowest BCUT2D eigenvalue weighted by Crippen LogP contribution is -2.51. The van der Waals surface area contributed by atoms with Crippen LogP contribution in [0.25, 0.3) is 0 Å². The first-order valence-corrected chi connectivity index (χ1v) is 8.99. The third-order valence-corrected chi connectivity index (χ3v) is 4.90. The number of rotatable bonds is 4. The van der Waals surface area contributed by atoms with E-state index in [1.807, 2.05) is 12.1 Å². The van der Waals surface area contributed by atoms with Crippen LogP contribution in [0.1, 0.15) is 12.0 Å². The number of carbonyl (C=O) groups is 2. The zero-order valence-electron chi connectivity index (χ0n) is 15.1. The number of nitrogens with one attached hydrogen (secondary N) is 2. The van der Waals surface area contributed by atoms with Crippen molar-refractivity contribution in [3.8, 4) is 0 Å². The molecule has 1 heterocycles. The second-order valence-electron chi connectivity index (χ2n) is 5.99. The summed E-state index contributed by atoms with van der Waals surface area (Å²) in [6.07, 6.45) is -0.350. The Morgan fingerprint density at radius 1 is 1.11 bits per heavy atom. The molecule has 9 heteroatoms. The lowest BCUT2D eigenvalue weighted by atomic mass is 10.0. The Kier molecular flexibility index (Phi) is 5.76. The van der Waals surface area contributed by atoms with Crippen molar-refractivity contribution in [2.24, 2.45) is 4.99 Å². The molecule has 28 heavy (non-hydrogen) atoms. The maximum atomic E-state index is 12.6. The fourth-order valence-corrected chi connectivity index (χ4v) is 3.11. The molecule has 146 valence electrons. The third-order valence-electron chi connectivity index (χ3n) is 4.16. The molecule has 1 atom stereocenters. The lowest BCUT2D eigenvalue weighted by molar-refractivity contribution is -0.152. The number of anilines is 2. The highest BCUT2D eigenvalue weighted by Crippen LogP contribution is 2.33. The summed E-state index contributed by atoms with van der Waals surface area (Å²) in [5.74, 6) is -0.974. The maximum absolute atomic E-state index is 12.6. The molecule has 0 bridgehead atoms. The number of nitrogens with zero attached hydrogens (tertiary/aromatic N) is 1. The van der Waals surface area contributed by atoms with Gasteiger partial charge in [-0.15, -0.1) is 0 Å². The van der Waals surface area contributed by atoms with Crippen LogP contribution in [-0.4, -0.2) is 37.7 Å². The van der Waals surface area contributed by atoms with Crippen molar-refractivity contribution in [2.45, 2.75) is 12.1 Å². The lowest BCUT2D eigenvalue weighted by Gasteiger charge is -2.34. The second kappa shape index (κ2) is 8.08. The van der Waals surface area contributed by atoms with Crippen LogP contribution in [-0.2, 0) is 19.1 Å². The molecule has 0 fully saturated rings. The standard InChI is InChI=1S/C19H17Cl2N3O4/c1-27-16(25)10-19(18(26)28-2)23-15-6-4-3-5-12(15)17(24-19)22-11-7-8-13(20)14(21)9-11/h3-9,23H,10H2,1-2H3,(H,22,24). The van der Waals surface area contributed by atoms with E-state index in [4.69, 9.17) is 32.7 Å². The van der Waals surface area contributed by atoms with Gasteiger partial charge in [0.25, 0.3) is 0 Å². The summed E-state index contributed by atoms with van der Waals surface area (Å²) < 4.78 is 9.64. The number of amidine groups is 1. The van der Waals surface area contributed by atoms with E-state index in [2.05, 4.69) is 15.6 Å². The van der Waals surface area contributed by atoms with Gasteiger partial charge < -0.3 is 20.1 Å². The summed E-state index contributed by atoms with van der Waals surface area (Å²) in [5, 5.41) is 6.93. The van der Waals surface area contributed by atoms with Gasteiger partial charge in [0, 0.05) is 16.9 Å². The molecular weight excluding hydrogens is 405 g/mol. The van der Waals surface area contributed by atoms with Gasteiger partial charge in [0.05, 0.1) is 24.3 Å². The monoisotopic (exact) mass is 421 g/mol. The van der Waals surface area contributed by atoms with Gasteiger partial charge in [-0.2, -0.15) is 0 Å². The van der Waals surface area contributed by atoms with Crippen molar-refractivity contribution in [1.29, 1.82) is 0 Å². The van der Waals surface area contributed by atoms with Crippen molar-refractivity contribution < 1.29 is 19.1 Å². The Morgan fingerprint density at radius 3 is 2.54 bits per heavy atom. The largest absolute Gasteiger partial charge is 0.469 e. The summed E-state index contributed by atoms with van der Waals surface area (Å²) in [7, 11) is 2.47. The summed E-state index contributed by atoms with van der Waals surface area (Å²) in [4.78, 5) is 29.1. The average molecular weight is 422 g/mol. The van der Waals surface area contributed by atoms with Gasteiger partial charge in [-0.05, 0) is 30.3 Å². The van der Waals surface area contributed by atoms with Gasteiger partial charge in [0.1, 0.15) is 12.3 Å². The van der Waals surface area contributed by atoms with Crippen LogP contribution >= 0.6 is 23.2 Å². The number of carbonyl (C=O) groups excluding carboxylic acids is 2. The number of hydrogen-bond acceptors (Lipinski definition) is 7. The van der Waals surface area contributed by atoms with E-state index >= 15 is 0 Å². The Labute approximate surface area is 171 Å². The molecule has 1 aliphatic rings. The maximum Gasteiger partial charge on any atom is 0.355 e. The Bertz CT molecular complexity index is 964. The van der Waals surface area contributed by atoms with Gasteiger partial charge in [-0.3, -0.25) is 4.79 Å². The van der Waals surface area contributed by atoms with Crippen LogP contribution in [0.5, 0.6) is 0 Å². The summed E-state index contributed by atoms with van der Waals surface area (Å²) in [6, 6.07) is 12.2. The number of fused-ring (bicyclic) bond motifs is 1. The molecule has 7 nitrogen and oxygen atoms in total. The zero-order chi connectivity index (χ0) is 20.3. The minimum absolute atomic E-state index is 0.350. The minimum atomic E-state index is -1.67. The number of benzene rings is 2. The van der Waals surface area contributed by atoms with Gasteiger partial charge in [-0.25, -0.2) is 9.79 Å². The first-order chi connectivity index (χ1) is 13.4. The van der Waals surface area contributed by atoms with Crippen LogP contribution < -0.4 is 10.6 Å². The van der Waals surface area contributed by atoms with Crippen LogP contribution in [0.2, 0.25) is 10.0 Å². The Morgan fingerprint density at radius 2 is 1.86 bits per heavy atom. The number of methoxy groups -OCH3 is 2. The van der Waals surface area contributed by atoms with E-state index in [9.17, 15) is 9.59 Å². The molecule has 2 N–H and O–H groups in total. The first-order valence-electron chi connectivity index (χ1n) is 8.23. The zero-order valence-corrected chi connectivity index (χ0v) is 16.6. The quantitative estimate of drug-likeness (QED) is 0.731. The van der Waals surface area contributed by atoms with Gasteiger partial charge >= 0.3 is 11.9 Å². The van der Waals surface area contributed by atoms with Crippen molar-refractivity contribution in [1.82, 2.24) is 0 Å². The summed E-state index contributed by atoms with van der Waals surface area (Å²) >= 11 is 12.1.